The number of hydrazone groups is 1. The molecule has 2 N–H and O–H groups in total. The summed E-state index contributed by atoms with van der Waals surface area (Å²) in [5.74, 6) is -0.487. The largest absolute Gasteiger partial charge is 0.508 e. The summed E-state index contributed by atoms with van der Waals surface area (Å²) in [6, 6.07) is 16.7. The van der Waals surface area contributed by atoms with Crippen molar-refractivity contribution in [3.05, 3.63) is 66.2 Å². The van der Waals surface area contributed by atoms with Crippen molar-refractivity contribution in [2.24, 2.45) is 5.10 Å². The molecule has 0 atom stereocenters. The van der Waals surface area contributed by atoms with Crippen molar-refractivity contribution < 1.29 is 18.3 Å². The fourth-order valence-corrected chi connectivity index (χ4v) is 4.74. The molecule has 1 aliphatic heterocycles. The number of aromatic hydroxyl groups is 1. The summed E-state index contributed by atoms with van der Waals surface area (Å²) in [6.45, 7) is -0.381. The molecule has 0 saturated heterocycles. The Hall–Kier alpha value is -3.39. The van der Waals surface area contributed by atoms with Gasteiger partial charge in [0.05, 0.1) is 16.8 Å². The topological polar surface area (TPSA) is 99.1 Å². The lowest BCUT2D eigenvalue weighted by molar-refractivity contribution is -0.119. The third kappa shape index (κ3) is 3.00. The number of sulfonamides is 1. The number of nitrogens with one attached hydrogen (secondary N) is 1. The first kappa shape index (κ1) is 17.0. The number of phenolic OH excluding ortho intramolecular Hbond substituents is 1. The molecule has 3 aromatic rings. The van der Waals surface area contributed by atoms with Crippen LogP contribution in [0.4, 0.5) is 5.69 Å². The number of phenols is 1. The zero-order chi connectivity index (χ0) is 19.0. The molecule has 1 amide bonds. The van der Waals surface area contributed by atoms with E-state index in [1.807, 2.05) is 12.1 Å². The highest BCUT2D eigenvalue weighted by Gasteiger charge is 2.36. The van der Waals surface area contributed by atoms with Gasteiger partial charge < -0.3 is 5.11 Å². The summed E-state index contributed by atoms with van der Waals surface area (Å²) in [7, 11) is -3.79. The fourth-order valence-electron chi connectivity index (χ4n) is 3.08. The first-order valence-corrected chi connectivity index (χ1v) is 9.56. The van der Waals surface area contributed by atoms with Crippen LogP contribution in [0.2, 0.25) is 0 Å². The molecule has 0 spiro atoms. The van der Waals surface area contributed by atoms with E-state index in [1.54, 1.807) is 36.4 Å². The summed E-state index contributed by atoms with van der Waals surface area (Å²) < 4.78 is 26.7. The average molecular weight is 381 g/mol. The Morgan fingerprint density at radius 2 is 1.85 bits per heavy atom. The minimum atomic E-state index is -3.79. The van der Waals surface area contributed by atoms with Crippen LogP contribution in [0.15, 0.2) is 70.7 Å². The van der Waals surface area contributed by atoms with Gasteiger partial charge in [0, 0.05) is 5.39 Å². The number of hydrogen-bond acceptors (Lipinski definition) is 5. The van der Waals surface area contributed by atoms with Crippen LogP contribution in [0.25, 0.3) is 10.8 Å². The molecule has 3 aromatic carbocycles. The van der Waals surface area contributed by atoms with Crippen molar-refractivity contribution >= 4 is 38.6 Å². The van der Waals surface area contributed by atoms with E-state index < -0.39 is 15.9 Å². The van der Waals surface area contributed by atoms with E-state index in [1.165, 1.54) is 18.3 Å². The van der Waals surface area contributed by atoms with Gasteiger partial charge in [-0.05, 0) is 35.2 Å². The molecule has 136 valence electrons. The first-order chi connectivity index (χ1) is 13.0. The Balaban J connectivity index is 1.55. The highest BCUT2D eigenvalue weighted by molar-refractivity contribution is 7.93. The second-order valence-corrected chi connectivity index (χ2v) is 7.86. The molecule has 27 heavy (non-hydrogen) atoms. The van der Waals surface area contributed by atoms with Gasteiger partial charge in [0.25, 0.3) is 15.9 Å². The van der Waals surface area contributed by atoms with Crippen LogP contribution in [0.1, 0.15) is 5.56 Å². The van der Waals surface area contributed by atoms with Gasteiger partial charge in [0.15, 0.2) is 0 Å². The van der Waals surface area contributed by atoms with Crippen molar-refractivity contribution in [3.8, 4) is 5.75 Å². The molecule has 0 saturated carbocycles. The molecule has 8 heteroatoms. The summed E-state index contributed by atoms with van der Waals surface area (Å²) in [5, 5.41) is 14.6. The van der Waals surface area contributed by atoms with E-state index in [0.717, 1.165) is 9.69 Å². The Kier molecular flexibility index (Phi) is 4.04. The third-order valence-electron chi connectivity index (χ3n) is 4.24. The Labute approximate surface area is 155 Å². The quantitative estimate of drug-likeness (QED) is 0.535. The molecular formula is C19H15N3O4S. The van der Waals surface area contributed by atoms with Gasteiger partial charge in [0.1, 0.15) is 12.3 Å². The molecule has 4 rings (SSSR count). The van der Waals surface area contributed by atoms with Crippen LogP contribution >= 0.6 is 0 Å². The van der Waals surface area contributed by atoms with Gasteiger partial charge in [-0.25, -0.2) is 13.8 Å². The zero-order valence-electron chi connectivity index (χ0n) is 14.0. The van der Waals surface area contributed by atoms with Crippen LogP contribution < -0.4 is 9.73 Å². The van der Waals surface area contributed by atoms with Gasteiger partial charge in [-0.3, -0.25) is 9.10 Å². The number of anilines is 1. The lowest BCUT2D eigenvalue weighted by atomic mass is 10.1. The first-order valence-electron chi connectivity index (χ1n) is 8.12. The second-order valence-electron chi connectivity index (χ2n) is 6.03. The standard InChI is InChI=1S/C19H15N3O4S/c23-15-7-1-4-13(10-15)11-20-21-18(24)12-22-16-8-2-5-14-6-3-9-17(19(14)16)27(22,25)26/h1-11,23H,12H2,(H,21,24)/b20-11-. The number of hydrogen-bond donors (Lipinski definition) is 2. The van der Waals surface area contributed by atoms with E-state index in [-0.39, 0.29) is 17.2 Å². The number of amides is 1. The Bertz CT molecular complexity index is 1180. The van der Waals surface area contributed by atoms with Crippen LogP contribution in [-0.2, 0) is 14.8 Å². The van der Waals surface area contributed by atoms with E-state index in [4.69, 9.17) is 0 Å². The van der Waals surface area contributed by atoms with Crippen molar-refractivity contribution in [1.82, 2.24) is 5.43 Å². The van der Waals surface area contributed by atoms with Crippen LogP contribution in [0.5, 0.6) is 5.75 Å². The number of benzene rings is 3. The van der Waals surface area contributed by atoms with E-state index in [9.17, 15) is 18.3 Å². The fraction of sp³-hybridized carbons (Fsp3) is 0.0526. The van der Waals surface area contributed by atoms with Crippen LogP contribution in [0.3, 0.4) is 0 Å². The maximum atomic E-state index is 12.8. The molecule has 1 aliphatic rings. The molecule has 0 unspecified atom stereocenters. The molecule has 1 heterocycles. The number of carbonyl (C=O) groups is 1. The lowest BCUT2D eigenvalue weighted by Gasteiger charge is -2.17. The van der Waals surface area contributed by atoms with E-state index in [2.05, 4.69) is 10.5 Å². The van der Waals surface area contributed by atoms with Crippen LogP contribution in [-0.4, -0.2) is 32.2 Å². The average Bonchev–Trinajstić information content (AvgIpc) is 2.85. The summed E-state index contributed by atoms with van der Waals surface area (Å²) in [5.41, 5.74) is 3.40. The highest BCUT2D eigenvalue weighted by Crippen LogP contribution is 2.41. The van der Waals surface area contributed by atoms with Crippen LogP contribution in [0, 0.1) is 0 Å². The molecule has 0 fully saturated rings. The Morgan fingerprint density at radius 1 is 1.11 bits per heavy atom. The minimum absolute atomic E-state index is 0.0827. The molecule has 0 bridgehead atoms. The minimum Gasteiger partial charge on any atom is -0.508 e. The maximum absolute atomic E-state index is 12.8. The highest BCUT2D eigenvalue weighted by atomic mass is 32.2. The molecule has 0 aliphatic carbocycles. The smallest absolute Gasteiger partial charge is 0.265 e. The van der Waals surface area contributed by atoms with Crippen molar-refractivity contribution in [3.63, 3.8) is 0 Å². The van der Waals surface area contributed by atoms with Crippen molar-refractivity contribution in [1.29, 1.82) is 0 Å². The predicted molar refractivity (Wildman–Crippen MR) is 102 cm³/mol. The molecule has 7 nitrogen and oxygen atoms in total. The number of carbonyl (C=O) groups excluding carboxylic acids is 1. The number of rotatable bonds is 4. The zero-order valence-corrected chi connectivity index (χ0v) is 14.8. The van der Waals surface area contributed by atoms with Gasteiger partial charge in [0.2, 0.25) is 0 Å². The predicted octanol–water partition coefficient (Wildman–Crippen LogP) is 2.20. The summed E-state index contributed by atoms with van der Waals surface area (Å²) in [6.07, 6.45) is 1.37. The summed E-state index contributed by atoms with van der Waals surface area (Å²) >= 11 is 0. The molecule has 0 aromatic heterocycles. The second kappa shape index (κ2) is 6.40. The molecule has 0 radical (unpaired) electrons. The number of nitrogens with zero attached hydrogens (tertiary/aromatic N) is 2. The molecular weight excluding hydrogens is 366 g/mol. The maximum Gasteiger partial charge on any atom is 0.265 e. The lowest BCUT2D eigenvalue weighted by Crippen LogP contribution is -2.37. The SMILES string of the molecule is O=C(CN1c2cccc3cccc(c23)S1(=O)=O)N/N=C\c1cccc(O)c1. The van der Waals surface area contributed by atoms with Gasteiger partial charge in [-0.15, -0.1) is 0 Å². The van der Waals surface area contributed by atoms with Crippen molar-refractivity contribution in [2.75, 3.05) is 10.8 Å². The monoisotopic (exact) mass is 381 g/mol. The van der Waals surface area contributed by atoms with Gasteiger partial charge in [-0.1, -0.05) is 36.4 Å². The van der Waals surface area contributed by atoms with Gasteiger partial charge in [-0.2, -0.15) is 5.10 Å². The normalized spacial score (nSPS) is 14.7. The summed E-state index contributed by atoms with van der Waals surface area (Å²) in [4.78, 5) is 12.4. The van der Waals surface area contributed by atoms with Gasteiger partial charge >= 0.3 is 0 Å². The Morgan fingerprint density at radius 3 is 2.63 bits per heavy atom. The van der Waals surface area contributed by atoms with E-state index >= 15 is 0 Å². The van der Waals surface area contributed by atoms with E-state index in [0.29, 0.717) is 16.6 Å². The van der Waals surface area contributed by atoms with Crippen molar-refractivity contribution in [2.45, 2.75) is 4.90 Å². The third-order valence-corrected chi connectivity index (χ3v) is 6.04.